The van der Waals surface area contributed by atoms with E-state index < -0.39 is 10.0 Å². The molecule has 0 atom stereocenters. The van der Waals surface area contributed by atoms with E-state index in [2.05, 4.69) is 19.7 Å². The zero-order chi connectivity index (χ0) is 20.4. The predicted octanol–water partition coefficient (Wildman–Crippen LogP) is 3.80. The molecule has 2 aliphatic rings. The predicted molar refractivity (Wildman–Crippen MR) is 114 cm³/mol. The number of pyridine rings is 1. The van der Waals surface area contributed by atoms with Crippen molar-refractivity contribution in [2.24, 2.45) is 9.98 Å². The number of rotatable bonds is 6. The summed E-state index contributed by atoms with van der Waals surface area (Å²) in [5.74, 6) is 1.76. The van der Waals surface area contributed by atoms with Gasteiger partial charge in [0.2, 0.25) is 10.0 Å². The number of ether oxygens (including phenoxy) is 1. The molecule has 2 aliphatic heterocycles. The van der Waals surface area contributed by atoms with Crippen LogP contribution in [-0.4, -0.2) is 49.3 Å². The second kappa shape index (κ2) is 8.00. The van der Waals surface area contributed by atoms with Crippen molar-refractivity contribution in [3.63, 3.8) is 0 Å². The number of nitrogens with zero attached hydrogens (tertiary/aromatic N) is 4. The average molecular weight is 434 g/mol. The fraction of sp³-hybridized carbons (Fsp3) is 0.316. The van der Waals surface area contributed by atoms with E-state index >= 15 is 0 Å². The number of benzene rings is 1. The molecule has 10 heteroatoms. The molecule has 0 saturated carbocycles. The first-order valence-corrected chi connectivity index (χ1v) is 11.3. The van der Waals surface area contributed by atoms with Gasteiger partial charge >= 0.3 is 0 Å². The van der Waals surface area contributed by atoms with Crippen molar-refractivity contribution >= 4 is 45.3 Å². The molecule has 0 aliphatic carbocycles. The molecule has 152 valence electrons. The van der Waals surface area contributed by atoms with Crippen LogP contribution in [0.1, 0.15) is 25.3 Å². The maximum Gasteiger partial charge on any atom is 0.233 e. The minimum absolute atomic E-state index is 0.0138. The Morgan fingerprint density at radius 1 is 1.31 bits per heavy atom. The van der Waals surface area contributed by atoms with Crippen LogP contribution in [0.25, 0.3) is 0 Å². The number of sulfonamides is 1. The highest BCUT2D eigenvalue weighted by Crippen LogP contribution is 2.36. The van der Waals surface area contributed by atoms with E-state index in [1.807, 2.05) is 17.0 Å². The fourth-order valence-corrected chi connectivity index (χ4v) is 4.49. The molecule has 29 heavy (non-hydrogen) atoms. The highest BCUT2D eigenvalue weighted by atomic mass is 35.5. The molecule has 0 spiro atoms. The van der Waals surface area contributed by atoms with Gasteiger partial charge in [0.15, 0.2) is 11.6 Å². The number of amidine groups is 1. The van der Waals surface area contributed by atoms with Crippen molar-refractivity contribution in [2.45, 2.75) is 19.8 Å². The average Bonchev–Trinajstić information content (AvgIpc) is 2.70. The second-order valence-corrected chi connectivity index (χ2v) is 8.89. The summed E-state index contributed by atoms with van der Waals surface area (Å²) in [6.45, 7) is 3.44. The van der Waals surface area contributed by atoms with Gasteiger partial charge in [-0.05, 0) is 31.0 Å². The van der Waals surface area contributed by atoms with Gasteiger partial charge in [-0.2, -0.15) is 0 Å². The highest BCUT2D eigenvalue weighted by Gasteiger charge is 2.23. The Bertz CT molecular complexity index is 1100. The van der Waals surface area contributed by atoms with Crippen molar-refractivity contribution in [2.75, 3.05) is 23.6 Å². The molecule has 0 radical (unpaired) electrons. The van der Waals surface area contributed by atoms with E-state index in [0.717, 1.165) is 36.6 Å². The number of nitrogens with one attached hydrogen (secondary N) is 1. The molecule has 0 unspecified atom stereocenters. The van der Waals surface area contributed by atoms with Gasteiger partial charge in [-0.15, -0.1) is 0 Å². The van der Waals surface area contributed by atoms with Crippen molar-refractivity contribution in [3.8, 4) is 11.5 Å². The summed E-state index contributed by atoms with van der Waals surface area (Å²) < 4.78 is 32.4. The smallest absolute Gasteiger partial charge is 0.233 e. The Labute approximate surface area is 174 Å². The maximum absolute atomic E-state index is 12.0. The van der Waals surface area contributed by atoms with Gasteiger partial charge in [-0.3, -0.25) is 9.71 Å². The Morgan fingerprint density at radius 2 is 2.17 bits per heavy atom. The summed E-state index contributed by atoms with van der Waals surface area (Å²) >= 11 is 6.35. The molecule has 1 aromatic carbocycles. The van der Waals surface area contributed by atoms with Crippen LogP contribution in [-0.2, 0) is 10.0 Å². The van der Waals surface area contributed by atoms with Gasteiger partial charge in [-0.1, -0.05) is 18.5 Å². The number of aliphatic imine (C=N–C) groups is 2. The monoisotopic (exact) mass is 433 g/mol. The third kappa shape index (κ3) is 4.20. The molecule has 1 N–H and O–H groups in total. The quantitative estimate of drug-likeness (QED) is 0.747. The molecule has 1 aromatic heterocycles. The van der Waals surface area contributed by atoms with E-state index in [1.165, 1.54) is 6.20 Å². The van der Waals surface area contributed by atoms with Gasteiger partial charge in [-0.25, -0.2) is 18.4 Å². The summed E-state index contributed by atoms with van der Waals surface area (Å²) in [6.07, 6.45) is 4.72. The minimum atomic E-state index is -3.51. The number of aromatic nitrogens is 1. The van der Waals surface area contributed by atoms with Crippen molar-refractivity contribution in [1.29, 1.82) is 0 Å². The van der Waals surface area contributed by atoms with Crippen LogP contribution in [0.3, 0.4) is 0 Å². The van der Waals surface area contributed by atoms with Crippen LogP contribution < -0.4 is 9.46 Å². The van der Waals surface area contributed by atoms with E-state index in [0.29, 0.717) is 17.9 Å². The third-order valence-corrected chi connectivity index (χ3v) is 6.26. The molecule has 8 nitrogen and oxygen atoms in total. The lowest BCUT2D eigenvalue weighted by molar-refractivity contribution is 0.482. The van der Waals surface area contributed by atoms with Gasteiger partial charge in [0.05, 0.1) is 17.8 Å². The number of halogens is 1. The largest absolute Gasteiger partial charge is 0.456 e. The minimum Gasteiger partial charge on any atom is -0.456 e. The SMILES string of the molecule is CCCS(=O)(=O)Nc1nccc(Oc2ccc3c(c2)C2=NCCCN2C=N3)c1Cl. The summed E-state index contributed by atoms with van der Waals surface area (Å²) in [4.78, 5) is 15.1. The molecule has 2 aromatic rings. The second-order valence-electron chi connectivity index (χ2n) is 6.67. The van der Waals surface area contributed by atoms with Crippen LogP contribution in [0.4, 0.5) is 11.5 Å². The first kappa shape index (κ1) is 19.7. The van der Waals surface area contributed by atoms with Crippen molar-refractivity contribution in [3.05, 3.63) is 41.0 Å². The summed E-state index contributed by atoms with van der Waals surface area (Å²) in [7, 11) is -3.51. The lowest BCUT2D eigenvalue weighted by Crippen LogP contribution is -2.36. The van der Waals surface area contributed by atoms with Crippen LogP contribution in [0.2, 0.25) is 5.02 Å². The zero-order valence-corrected chi connectivity index (χ0v) is 17.4. The maximum atomic E-state index is 12.0. The van der Waals surface area contributed by atoms with Crippen molar-refractivity contribution in [1.82, 2.24) is 9.88 Å². The Balaban J connectivity index is 1.62. The van der Waals surface area contributed by atoms with Gasteiger partial charge < -0.3 is 9.64 Å². The molecule has 4 rings (SSSR count). The van der Waals surface area contributed by atoms with Gasteiger partial charge in [0.1, 0.15) is 16.6 Å². The van der Waals surface area contributed by atoms with Crippen molar-refractivity contribution < 1.29 is 13.2 Å². The van der Waals surface area contributed by atoms with Crippen LogP contribution >= 0.6 is 11.6 Å². The van der Waals surface area contributed by atoms with Crippen LogP contribution in [0.15, 0.2) is 40.4 Å². The topological polar surface area (TPSA) is 96.2 Å². The lowest BCUT2D eigenvalue weighted by atomic mass is 10.1. The Kier molecular flexibility index (Phi) is 5.42. The molecule has 3 heterocycles. The summed E-state index contributed by atoms with van der Waals surface area (Å²) in [5, 5.41) is 0.0968. The molecular formula is C19H20ClN5O3S. The highest BCUT2D eigenvalue weighted by molar-refractivity contribution is 7.92. The molecule has 0 fully saturated rings. The molecular weight excluding hydrogens is 414 g/mol. The molecule has 0 amide bonds. The normalized spacial score (nSPS) is 15.4. The van der Waals surface area contributed by atoms with E-state index in [-0.39, 0.29) is 16.6 Å². The number of fused-ring (bicyclic) bond motifs is 3. The van der Waals surface area contributed by atoms with E-state index in [1.54, 1.807) is 25.4 Å². The van der Waals surface area contributed by atoms with Crippen LogP contribution in [0.5, 0.6) is 11.5 Å². The van der Waals surface area contributed by atoms with Crippen LogP contribution in [0, 0.1) is 0 Å². The van der Waals surface area contributed by atoms with Gasteiger partial charge in [0, 0.05) is 30.9 Å². The standard InChI is InChI=1S/C19H20ClN5O3S/c1-2-10-29(26,27)24-18-17(20)16(6-8-21-18)28-13-4-5-15-14(11-13)19-22-7-3-9-25(19)12-23-15/h4-6,8,11-12H,2-3,7,9-10H2,1H3,(H,21,24). The van der Waals surface area contributed by atoms with E-state index in [9.17, 15) is 8.42 Å². The third-order valence-electron chi connectivity index (χ3n) is 4.44. The number of hydrogen-bond acceptors (Lipinski definition) is 7. The summed E-state index contributed by atoms with van der Waals surface area (Å²) in [6, 6.07) is 7.09. The first-order valence-electron chi connectivity index (χ1n) is 9.29. The van der Waals surface area contributed by atoms with E-state index in [4.69, 9.17) is 16.3 Å². The summed E-state index contributed by atoms with van der Waals surface area (Å²) in [5.41, 5.74) is 1.71. The molecule has 0 bridgehead atoms. The lowest BCUT2D eigenvalue weighted by Gasteiger charge is -2.29. The first-order chi connectivity index (χ1) is 14.0. The number of hydrogen-bond donors (Lipinski definition) is 1. The zero-order valence-electron chi connectivity index (χ0n) is 15.8. The van der Waals surface area contributed by atoms with Gasteiger partial charge in [0.25, 0.3) is 0 Å². The Morgan fingerprint density at radius 3 is 3.00 bits per heavy atom. The fourth-order valence-electron chi connectivity index (χ4n) is 3.15. The number of anilines is 1. The molecule has 0 saturated heterocycles. The Hall–Kier alpha value is -2.65.